The normalized spacial score (nSPS) is 9.94. The van der Waals surface area contributed by atoms with E-state index < -0.39 is 18.4 Å². The largest absolute Gasteiger partial charge is 0.494 e. The Bertz CT molecular complexity index is 456. The van der Waals surface area contributed by atoms with E-state index in [-0.39, 0.29) is 21.4 Å². The summed E-state index contributed by atoms with van der Waals surface area (Å²) in [7, 11) is 1.41. The highest BCUT2D eigenvalue weighted by molar-refractivity contribution is 6.37. The zero-order chi connectivity index (χ0) is 13.7. The minimum Gasteiger partial charge on any atom is -0.494 e. The molecular weight excluding hydrogens is 283 g/mol. The zero-order valence-corrected chi connectivity index (χ0v) is 10.8. The molecule has 0 aliphatic carbocycles. The molecule has 0 aliphatic heterocycles. The van der Waals surface area contributed by atoms with Gasteiger partial charge in [0.2, 0.25) is 5.91 Å². The molecule has 0 unspecified atom stereocenters. The fourth-order valence-electron chi connectivity index (χ4n) is 1.12. The standard InChI is InChI=1S/C10H10Cl2N2O4/c1-17-9-6(11)2-5(3-7(9)12)10(16)14-18-4-8(13)15/h2-3H,4H2,1H3,(H2,13,15)(H,14,16). The number of hydrogen-bond donors (Lipinski definition) is 2. The Morgan fingerprint density at radius 2 is 1.89 bits per heavy atom. The Morgan fingerprint density at radius 3 is 2.33 bits per heavy atom. The molecule has 3 N–H and O–H groups in total. The van der Waals surface area contributed by atoms with Crippen molar-refractivity contribution in [2.75, 3.05) is 13.7 Å². The molecule has 1 aromatic rings. The lowest BCUT2D eigenvalue weighted by Gasteiger charge is -2.09. The molecule has 0 aromatic heterocycles. The Kier molecular flexibility index (Phi) is 5.21. The van der Waals surface area contributed by atoms with Gasteiger partial charge < -0.3 is 10.5 Å². The molecular formula is C10H10Cl2N2O4. The number of halogens is 2. The fraction of sp³-hybridized carbons (Fsp3) is 0.200. The third kappa shape index (κ3) is 3.76. The minimum atomic E-state index is -0.707. The van der Waals surface area contributed by atoms with Gasteiger partial charge in [0, 0.05) is 5.56 Å². The molecule has 0 heterocycles. The highest BCUT2D eigenvalue weighted by atomic mass is 35.5. The first-order valence-corrected chi connectivity index (χ1v) is 5.44. The van der Waals surface area contributed by atoms with Crippen molar-refractivity contribution in [3.63, 3.8) is 0 Å². The van der Waals surface area contributed by atoms with Gasteiger partial charge in [-0.1, -0.05) is 23.2 Å². The van der Waals surface area contributed by atoms with Crippen molar-refractivity contribution >= 4 is 35.0 Å². The third-order valence-electron chi connectivity index (χ3n) is 1.84. The van der Waals surface area contributed by atoms with Crippen LogP contribution in [0.15, 0.2) is 12.1 Å². The number of hydroxylamine groups is 1. The maximum Gasteiger partial charge on any atom is 0.274 e. The number of amides is 2. The molecule has 0 aliphatic rings. The number of primary amides is 1. The van der Waals surface area contributed by atoms with Crippen LogP contribution in [0.4, 0.5) is 0 Å². The molecule has 1 rings (SSSR count). The first-order valence-electron chi connectivity index (χ1n) is 4.69. The van der Waals surface area contributed by atoms with Crippen LogP contribution in [0.1, 0.15) is 10.4 Å². The van der Waals surface area contributed by atoms with E-state index in [1.54, 1.807) is 0 Å². The summed E-state index contributed by atoms with van der Waals surface area (Å²) < 4.78 is 4.94. The van der Waals surface area contributed by atoms with Crippen LogP contribution in [-0.4, -0.2) is 25.5 Å². The van der Waals surface area contributed by atoms with Crippen LogP contribution >= 0.6 is 23.2 Å². The summed E-state index contributed by atoms with van der Waals surface area (Å²) >= 11 is 11.7. The summed E-state index contributed by atoms with van der Waals surface area (Å²) in [4.78, 5) is 26.5. The number of hydrogen-bond acceptors (Lipinski definition) is 4. The van der Waals surface area contributed by atoms with Gasteiger partial charge in [0.05, 0.1) is 17.2 Å². The van der Waals surface area contributed by atoms with E-state index in [1.165, 1.54) is 19.2 Å². The van der Waals surface area contributed by atoms with Crippen molar-refractivity contribution in [3.8, 4) is 5.75 Å². The number of carbonyl (C=O) groups is 2. The van der Waals surface area contributed by atoms with Crippen molar-refractivity contribution in [3.05, 3.63) is 27.7 Å². The summed E-state index contributed by atoms with van der Waals surface area (Å²) in [5, 5.41) is 0.370. The number of ether oxygens (including phenoxy) is 1. The topological polar surface area (TPSA) is 90.7 Å². The molecule has 0 bridgehead atoms. The number of methoxy groups -OCH3 is 1. The number of nitrogens with one attached hydrogen (secondary N) is 1. The van der Waals surface area contributed by atoms with Gasteiger partial charge >= 0.3 is 0 Å². The number of rotatable bonds is 5. The molecule has 0 fully saturated rings. The van der Waals surface area contributed by atoms with Gasteiger partial charge in [-0.3, -0.25) is 14.4 Å². The molecule has 8 heteroatoms. The lowest BCUT2D eigenvalue weighted by atomic mass is 10.2. The molecule has 98 valence electrons. The van der Waals surface area contributed by atoms with Gasteiger partial charge in [0.25, 0.3) is 5.91 Å². The first-order chi connectivity index (χ1) is 8.45. The van der Waals surface area contributed by atoms with Crippen LogP contribution in [0, 0.1) is 0 Å². The Balaban J connectivity index is 2.78. The second-order valence-electron chi connectivity index (χ2n) is 3.16. The number of benzene rings is 1. The molecule has 0 saturated carbocycles. The van der Waals surface area contributed by atoms with Gasteiger partial charge in [-0.05, 0) is 12.1 Å². The van der Waals surface area contributed by atoms with Crippen LogP contribution in [0.25, 0.3) is 0 Å². The van der Waals surface area contributed by atoms with Crippen molar-refractivity contribution in [1.82, 2.24) is 5.48 Å². The van der Waals surface area contributed by atoms with Gasteiger partial charge in [0.15, 0.2) is 12.4 Å². The smallest absolute Gasteiger partial charge is 0.274 e. The van der Waals surface area contributed by atoms with E-state index in [2.05, 4.69) is 4.84 Å². The fourth-order valence-corrected chi connectivity index (χ4v) is 1.76. The summed E-state index contributed by atoms with van der Waals surface area (Å²) in [6.45, 7) is -0.427. The van der Waals surface area contributed by atoms with Gasteiger partial charge in [0.1, 0.15) is 0 Å². The van der Waals surface area contributed by atoms with Crippen molar-refractivity contribution < 1.29 is 19.2 Å². The maximum absolute atomic E-state index is 11.6. The average molecular weight is 293 g/mol. The maximum atomic E-state index is 11.6. The van der Waals surface area contributed by atoms with Crippen LogP contribution in [-0.2, 0) is 9.63 Å². The second kappa shape index (κ2) is 6.44. The number of carbonyl (C=O) groups excluding carboxylic acids is 2. The third-order valence-corrected chi connectivity index (χ3v) is 2.41. The van der Waals surface area contributed by atoms with E-state index in [0.717, 1.165) is 0 Å². The van der Waals surface area contributed by atoms with Gasteiger partial charge in [-0.15, -0.1) is 0 Å². The Morgan fingerprint density at radius 1 is 1.33 bits per heavy atom. The molecule has 1 aromatic carbocycles. The molecule has 0 spiro atoms. The predicted molar refractivity (Wildman–Crippen MR) is 65.6 cm³/mol. The van der Waals surface area contributed by atoms with E-state index in [4.69, 9.17) is 33.7 Å². The monoisotopic (exact) mass is 292 g/mol. The minimum absolute atomic E-state index is 0.162. The van der Waals surface area contributed by atoms with E-state index >= 15 is 0 Å². The number of nitrogens with two attached hydrogens (primary N) is 1. The van der Waals surface area contributed by atoms with Crippen LogP contribution in [0.2, 0.25) is 10.0 Å². The lowest BCUT2D eigenvalue weighted by molar-refractivity contribution is -0.124. The summed E-state index contributed by atoms with van der Waals surface area (Å²) in [6.07, 6.45) is 0. The van der Waals surface area contributed by atoms with E-state index in [9.17, 15) is 9.59 Å². The molecule has 2 amide bonds. The predicted octanol–water partition coefficient (Wildman–Crippen LogP) is 1.15. The van der Waals surface area contributed by atoms with Crippen LogP contribution in [0.3, 0.4) is 0 Å². The molecule has 18 heavy (non-hydrogen) atoms. The summed E-state index contributed by atoms with van der Waals surface area (Å²) in [5.74, 6) is -1.04. The highest BCUT2D eigenvalue weighted by Gasteiger charge is 2.13. The lowest BCUT2D eigenvalue weighted by Crippen LogP contribution is -2.29. The Hall–Kier alpha value is -1.50. The first kappa shape index (κ1) is 14.6. The molecule has 0 atom stereocenters. The van der Waals surface area contributed by atoms with E-state index in [0.29, 0.717) is 0 Å². The summed E-state index contributed by atoms with van der Waals surface area (Å²) in [5.41, 5.74) is 7.02. The molecule has 0 radical (unpaired) electrons. The summed E-state index contributed by atoms with van der Waals surface area (Å²) in [6, 6.07) is 2.71. The van der Waals surface area contributed by atoms with Crippen molar-refractivity contribution in [1.29, 1.82) is 0 Å². The SMILES string of the molecule is COc1c(Cl)cc(C(=O)NOCC(N)=O)cc1Cl. The zero-order valence-electron chi connectivity index (χ0n) is 9.33. The average Bonchev–Trinajstić information content (AvgIpc) is 2.27. The highest BCUT2D eigenvalue weighted by Crippen LogP contribution is 2.33. The van der Waals surface area contributed by atoms with Crippen molar-refractivity contribution in [2.45, 2.75) is 0 Å². The van der Waals surface area contributed by atoms with E-state index in [1.807, 2.05) is 5.48 Å². The van der Waals surface area contributed by atoms with Crippen LogP contribution in [0.5, 0.6) is 5.75 Å². The van der Waals surface area contributed by atoms with Crippen LogP contribution < -0.4 is 16.0 Å². The molecule has 0 saturated heterocycles. The second-order valence-corrected chi connectivity index (χ2v) is 3.97. The Labute approximate surface area is 113 Å². The van der Waals surface area contributed by atoms with Crippen molar-refractivity contribution in [2.24, 2.45) is 5.73 Å². The quantitative estimate of drug-likeness (QED) is 0.797. The van der Waals surface area contributed by atoms with Gasteiger partial charge in [-0.25, -0.2) is 5.48 Å². The molecule has 6 nitrogen and oxygen atoms in total. The van der Waals surface area contributed by atoms with Gasteiger partial charge in [-0.2, -0.15) is 0 Å².